The summed E-state index contributed by atoms with van der Waals surface area (Å²) in [5, 5.41) is 7.17. The smallest absolute Gasteiger partial charge is 0.332 e. The summed E-state index contributed by atoms with van der Waals surface area (Å²) in [4.78, 5) is 16.4. The summed E-state index contributed by atoms with van der Waals surface area (Å²) in [5.74, 6) is -0.329. The molecule has 0 radical (unpaired) electrons. The van der Waals surface area contributed by atoms with Crippen LogP contribution in [0.4, 0.5) is 0 Å². The van der Waals surface area contributed by atoms with Crippen molar-refractivity contribution in [1.29, 1.82) is 0 Å². The summed E-state index contributed by atoms with van der Waals surface area (Å²) >= 11 is 0. The predicted octanol–water partition coefficient (Wildman–Crippen LogP) is 0.956. The molecule has 1 aromatic carbocycles. The zero-order valence-electron chi connectivity index (χ0n) is 11.6. The Morgan fingerprint density at radius 1 is 1.40 bits per heavy atom. The van der Waals surface area contributed by atoms with E-state index in [9.17, 15) is 4.79 Å². The molecule has 1 unspecified atom stereocenters. The molecule has 106 valence electrons. The van der Waals surface area contributed by atoms with Crippen molar-refractivity contribution in [1.82, 2.24) is 20.1 Å². The van der Waals surface area contributed by atoms with Gasteiger partial charge in [0, 0.05) is 0 Å². The molecule has 2 rings (SSSR count). The van der Waals surface area contributed by atoms with Gasteiger partial charge in [-0.2, -0.15) is 5.10 Å². The number of hydrogen-bond donors (Lipinski definition) is 1. The van der Waals surface area contributed by atoms with Crippen LogP contribution in [0, 0.1) is 0 Å². The van der Waals surface area contributed by atoms with Crippen LogP contribution in [0.15, 0.2) is 43.0 Å². The SMILES string of the molecule is CCOC(=O)C(Cn1cncn1)(NC)c1ccccc1. The van der Waals surface area contributed by atoms with Gasteiger partial charge in [0.15, 0.2) is 5.54 Å². The Hall–Kier alpha value is -2.21. The van der Waals surface area contributed by atoms with E-state index >= 15 is 0 Å². The highest BCUT2D eigenvalue weighted by atomic mass is 16.5. The number of nitrogens with zero attached hydrogens (tertiary/aromatic N) is 3. The second-order valence-corrected chi connectivity index (χ2v) is 4.33. The summed E-state index contributed by atoms with van der Waals surface area (Å²) in [6, 6.07) is 9.48. The van der Waals surface area contributed by atoms with E-state index < -0.39 is 5.54 Å². The van der Waals surface area contributed by atoms with Crippen LogP contribution in [0.25, 0.3) is 0 Å². The molecule has 20 heavy (non-hydrogen) atoms. The first-order chi connectivity index (χ1) is 9.73. The van der Waals surface area contributed by atoms with Crippen LogP contribution >= 0.6 is 0 Å². The molecule has 0 spiro atoms. The number of nitrogens with one attached hydrogen (secondary N) is 1. The van der Waals surface area contributed by atoms with E-state index in [2.05, 4.69) is 15.4 Å². The quantitative estimate of drug-likeness (QED) is 0.794. The summed E-state index contributed by atoms with van der Waals surface area (Å²) in [7, 11) is 1.74. The van der Waals surface area contributed by atoms with Gasteiger partial charge in [0.25, 0.3) is 0 Å². The van der Waals surface area contributed by atoms with Crippen LogP contribution in [0.2, 0.25) is 0 Å². The minimum absolute atomic E-state index is 0.312. The minimum atomic E-state index is -0.981. The lowest BCUT2D eigenvalue weighted by Crippen LogP contribution is -2.51. The molecule has 2 aromatic rings. The van der Waals surface area contributed by atoms with E-state index in [0.717, 1.165) is 5.56 Å². The van der Waals surface area contributed by atoms with Crippen LogP contribution in [0.3, 0.4) is 0 Å². The maximum Gasteiger partial charge on any atom is 0.332 e. The molecule has 1 N–H and O–H groups in total. The monoisotopic (exact) mass is 274 g/mol. The fourth-order valence-corrected chi connectivity index (χ4v) is 2.13. The molecule has 6 heteroatoms. The van der Waals surface area contributed by atoms with Gasteiger partial charge in [-0.15, -0.1) is 0 Å². The van der Waals surface area contributed by atoms with Crippen molar-refractivity contribution in [2.45, 2.75) is 19.0 Å². The van der Waals surface area contributed by atoms with Gasteiger partial charge in [0.1, 0.15) is 12.7 Å². The zero-order valence-corrected chi connectivity index (χ0v) is 11.6. The van der Waals surface area contributed by atoms with Crippen molar-refractivity contribution in [2.24, 2.45) is 0 Å². The Kier molecular flexibility index (Phi) is 4.47. The van der Waals surface area contributed by atoms with Gasteiger partial charge in [-0.3, -0.25) is 10.00 Å². The largest absolute Gasteiger partial charge is 0.464 e. The molecule has 0 saturated carbocycles. The van der Waals surface area contributed by atoms with Gasteiger partial charge in [0.2, 0.25) is 0 Å². The van der Waals surface area contributed by atoms with Crippen molar-refractivity contribution in [3.63, 3.8) is 0 Å². The molecule has 0 amide bonds. The van der Waals surface area contributed by atoms with Gasteiger partial charge in [-0.25, -0.2) is 9.78 Å². The predicted molar refractivity (Wildman–Crippen MR) is 73.8 cm³/mol. The molecule has 6 nitrogen and oxygen atoms in total. The minimum Gasteiger partial charge on any atom is -0.464 e. The first-order valence-electron chi connectivity index (χ1n) is 6.47. The number of benzene rings is 1. The fourth-order valence-electron chi connectivity index (χ4n) is 2.13. The molecule has 0 aliphatic carbocycles. The summed E-state index contributed by atoms with van der Waals surface area (Å²) in [6.07, 6.45) is 3.02. The third-order valence-electron chi connectivity index (χ3n) is 3.18. The normalized spacial score (nSPS) is 13.7. The number of hydrogen-bond acceptors (Lipinski definition) is 5. The van der Waals surface area contributed by atoms with Crippen LogP contribution in [-0.2, 0) is 21.6 Å². The summed E-state index contributed by atoms with van der Waals surface area (Å²) in [5.41, 5.74) is -0.151. The highest BCUT2D eigenvalue weighted by Crippen LogP contribution is 2.24. The molecule has 0 fully saturated rings. The van der Waals surface area contributed by atoms with Crippen LogP contribution in [-0.4, -0.2) is 34.4 Å². The molecule has 0 aliphatic heterocycles. The van der Waals surface area contributed by atoms with Gasteiger partial charge >= 0.3 is 5.97 Å². The number of likely N-dealkylation sites (N-methyl/N-ethyl adjacent to an activating group) is 1. The van der Waals surface area contributed by atoms with E-state index in [1.807, 2.05) is 30.3 Å². The third kappa shape index (κ3) is 2.70. The molecular formula is C14H18N4O2. The molecular weight excluding hydrogens is 256 g/mol. The standard InChI is InChI=1S/C14H18N4O2/c1-3-20-13(19)14(15-2,9-18-11-16-10-17-18)12-7-5-4-6-8-12/h4-8,10-11,15H,3,9H2,1-2H3. The second kappa shape index (κ2) is 6.29. The molecule has 1 aromatic heterocycles. The maximum atomic E-state index is 12.5. The van der Waals surface area contributed by atoms with Crippen LogP contribution in [0.5, 0.6) is 0 Å². The maximum absolute atomic E-state index is 12.5. The Labute approximate surface area is 117 Å². The Bertz CT molecular complexity index is 542. The molecule has 0 aliphatic rings. The van der Waals surface area contributed by atoms with Crippen LogP contribution in [0.1, 0.15) is 12.5 Å². The Balaban J connectivity index is 2.43. The van der Waals surface area contributed by atoms with E-state index in [-0.39, 0.29) is 5.97 Å². The second-order valence-electron chi connectivity index (χ2n) is 4.33. The Morgan fingerprint density at radius 3 is 2.70 bits per heavy atom. The first kappa shape index (κ1) is 14.2. The molecule has 0 saturated heterocycles. The lowest BCUT2D eigenvalue weighted by Gasteiger charge is -2.31. The number of ether oxygens (including phenoxy) is 1. The number of carbonyl (C=O) groups is 1. The van der Waals surface area contributed by atoms with E-state index in [1.54, 1.807) is 25.0 Å². The van der Waals surface area contributed by atoms with Crippen molar-refractivity contribution in [3.05, 3.63) is 48.5 Å². The topological polar surface area (TPSA) is 69.0 Å². The summed E-state index contributed by atoms with van der Waals surface area (Å²) in [6.45, 7) is 2.43. The lowest BCUT2D eigenvalue weighted by atomic mass is 9.90. The number of rotatable bonds is 6. The zero-order chi connectivity index (χ0) is 14.4. The number of esters is 1. The van der Waals surface area contributed by atoms with E-state index in [1.165, 1.54) is 6.33 Å². The lowest BCUT2D eigenvalue weighted by molar-refractivity contribution is -0.152. The van der Waals surface area contributed by atoms with Crippen LogP contribution < -0.4 is 5.32 Å². The van der Waals surface area contributed by atoms with Crippen molar-refractivity contribution >= 4 is 5.97 Å². The van der Waals surface area contributed by atoms with E-state index in [4.69, 9.17) is 4.74 Å². The molecule has 1 atom stereocenters. The Morgan fingerprint density at radius 2 is 2.15 bits per heavy atom. The first-order valence-corrected chi connectivity index (χ1v) is 6.47. The number of aromatic nitrogens is 3. The van der Waals surface area contributed by atoms with Gasteiger partial charge in [-0.1, -0.05) is 30.3 Å². The van der Waals surface area contributed by atoms with Gasteiger partial charge in [0.05, 0.1) is 13.2 Å². The highest BCUT2D eigenvalue weighted by molar-refractivity contribution is 5.82. The third-order valence-corrected chi connectivity index (χ3v) is 3.18. The average Bonchev–Trinajstić information content (AvgIpc) is 2.99. The molecule has 0 bridgehead atoms. The van der Waals surface area contributed by atoms with E-state index in [0.29, 0.717) is 13.2 Å². The van der Waals surface area contributed by atoms with Gasteiger partial charge in [-0.05, 0) is 19.5 Å². The van der Waals surface area contributed by atoms with Crippen molar-refractivity contribution in [2.75, 3.05) is 13.7 Å². The van der Waals surface area contributed by atoms with Crippen molar-refractivity contribution in [3.8, 4) is 0 Å². The number of carbonyl (C=O) groups excluding carboxylic acids is 1. The van der Waals surface area contributed by atoms with Crippen molar-refractivity contribution < 1.29 is 9.53 Å². The highest BCUT2D eigenvalue weighted by Gasteiger charge is 2.41. The molecule has 1 heterocycles. The van der Waals surface area contributed by atoms with Gasteiger partial charge < -0.3 is 4.74 Å². The average molecular weight is 274 g/mol. The summed E-state index contributed by atoms with van der Waals surface area (Å²) < 4.78 is 6.85. The fraction of sp³-hybridized carbons (Fsp3) is 0.357.